The number of carbonyl (C=O) groups is 1. The van der Waals surface area contributed by atoms with Crippen molar-refractivity contribution in [3.63, 3.8) is 0 Å². The Morgan fingerprint density at radius 2 is 2.00 bits per heavy atom. The average Bonchev–Trinajstić information content (AvgIpc) is 3.14. The monoisotopic (exact) mass is 409 g/mol. The molecule has 0 unspecified atom stereocenters. The van der Waals surface area contributed by atoms with Crippen molar-refractivity contribution in [1.82, 2.24) is 0 Å². The van der Waals surface area contributed by atoms with E-state index in [1.807, 2.05) is 53.9 Å². The van der Waals surface area contributed by atoms with E-state index in [4.69, 9.17) is 9.57 Å². The first-order chi connectivity index (χ1) is 14.1. The zero-order valence-corrected chi connectivity index (χ0v) is 17.2. The number of carboxylic acids is 1. The lowest BCUT2D eigenvalue weighted by Crippen LogP contribution is -2.02. The van der Waals surface area contributed by atoms with Gasteiger partial charge < -0.3 is 14.7 Å². The zero-order chi connectivity index (χ0) is 20.6. The molecule has 3 rings (SSSR count). The quantitative estimate of drug-likeness (QED) is 0.213. The van der Waals surface area contributed by atoms with Crippen LogP contribution in [0.25, 0.3) is 15.7 Å². The molecular formula is C23H23NO4S. The number of rotatable bonds is 9. The Morgan fingerprint density at radius 1 is 1.21 bits per heavy atom. The van der Waals surface area contributed by atoms with Crippen molar-refractivity contribution in [2.24, 2.45) is 5.16 Å². The average molecular weight is 410 g/mol. The van der Waals surface area contributed by atoms with Gasteiger partial charge in [-0.05, 0) is 29.7 Å². The van der Waals surface area contributed by atoms with Gasteiger partial charge >= 0.3 is 5.97 Å². The molecule has 6 heteroatoms. The minimum atomic E-state index is -1.02. The van der Waals surface area contributed by atoms with Gasteiger partial charge in [0.15, 0.2) is 0 Å². The van der Waals surface area contributed by atoms with Crippen LogP contribution in [-0.2, 0) is 21.0 Å². The van der Waals surface area contributed by atoms with Gasteiger partial charge in [-0.15, -0.1) is 11.3 Å². The van der Waals surface area contributed by atoms with Crippen LogP contribution in [0.15, 0.2) is 65.3 Å². The highest BCUT2D eigenvalue weighted by molar-refractivity contribution is 7.17. The van der Waals surface area contributed by atoms with Crippen LogP contribution in [0.3, 0.4) is 0 Å². The molecule has 3 aromatic rings. The summed E-state index contributed by atoms with van der Waals surface area (Å²) in [4.78, 5) is 17.2. The lowest BCUT2D eigenvalue weighted by molar-refractivity contribution is -0.130. The van der Waals surface area contributed by atoms with Crippen LogP contribution in [0.1, 0.15) is 36.5 Å². The van der Waals surface area contributed by atoms with Crippen LogP contribution in [0, 0.1) is 0 Å². The van der Waals surface area contributed by atoms with Crippen molar-refractivity contribution < 1.29 is 19.5 Å². The number of oxime groups is 1. The van der Waals surface area contributed by atoms with E-state index in [9.17, 15) is 9.90 Å². The molecule has 1 aromatic heterocycles. The van der Waals surface area contributed by atoms with Gasteiger partial charge in [0.1, 0.15) is 12.2 Å². The summed E-state index contributed by atoms with van der Waals surface area (Å²) in [5.41, 5.74) is 3.67. The zero-order valence-electron chi connectivity index (χ0n) is 16.4. The molecule has 2 aromatic carbocycles. The number of methoxy groups -OCH3 is 1. The molecule has 29 heavy (non-hydrogen) atoms. The van der Waals surface area contributed by atoms with Crippen LogP contribution < -0.4 is 0 Å². The Kier molecular flexibility index (Phi) is 7.03. The fourth-order valence-electron chi connectivity index (χ4n) is 3.02. The summed E-state index contributed by atoms with van der Waals surface area (Å²) in [5.74, 6) is -1.02. The van der Waals surface area contributed by atoms with Crippen molar-refractivity contribution in [3.8, 4) is 0 Å². The summed E-state index contributed by atoms with van der Waals surface area (Å²) in [6.07, 6.45) is 3.07. The molecule has 0 aliphatic carbocycles. The number of nitrogens with zero attached hydrogens (tertiary/aromatic N) is 1. The molecule has 5 nitrogen and oxygen atoms in total. The second kappa shape index (κ2) is 9.89. The minimum Gasteiger partial charge on any atom is -0.503 e. The summed E-state index contributed by atoms with van der Waals surface area (Å²) < 4.78 is 5.95. The predicted octanol–water partition coefficient (Wildman–Crippen LogP) is 5.69. The van der Waals surface area contributed by atoms with E-state index in [2.05, 4.69) is 12.1 Å². The number of benzene rings is 2. The van der Waals surface area contributed by atoms with E-state index >= 15 is 0 Å². The Hall–Kier alpha value is -3.12. The van der Waals surface area contributed by atoms with E-state index in [1.165, 1.54) is 24.7 Å². The number of hydrogen-bond donors (Lipinski definition) is 1. The Morgan fingerprint density at radius 3 is 2.69 bits per heavy atom. The summed E-state index contributed by atoms with van der Waals surface area (Å²) in [6.45, 7) is 2.42. The normalized spacial score (nSPS) is 12.2. The smallest absolute Gasteiger partial charge is 0.339 e. The van der Waals surface area contributed by atoms with Gasteiger partial charge in [-0.25, -0.2) is 4.79 Å². The number of carboxylic acid groups (broad SMARTS) is 1. The largest absolute Gasteiger partial charge is 0.503 e. The molecule has 0 spiro atoms. The van der Waals surface area contributed by atoms with Crippen LogP contribution >= 0.6 is 11.3 Å². The van der Waals surface area contributed by atoms with Gasteiger partial charge in [0.05, 0.1) is 19.1 Å². The topological polar surface area (TPSA) is 68.1 Å². The molecule has 150 valence electrons. The first kappa shape index (κ1) is 20.6. The minimum absolute atomic E-state index is 0.129. The Balaban J connectivity index is 1.83. The van der Waals surface area contributed by atoms with Crippen molar-refractivity contribution >= 4 is 38.7 Å². The SMILES string of the molecule is CCCC(=NOCc1ccc2scc(C(=COC)C(=O)O)c2c1)c1ccccc1. The molecule has 0 fully saturated rings. The Bertz CT molecular complexity index is 1040. The maximum Gasteiger partial charge on any atom is 0.339 e. The highest BCUT2D eigenvalue weighted by atomic mass is 32.1. The first-order valence-corrected chi connectivity index (χ1v) is 10.2. The van der Waals surface area contributed by atoms with E-state index < -0.39 is 5.97 Å². The van der Waals surface area contributed by atoms with E-state index in [0.717, 1.165) is 39.8 Å². The molecule has 0 radical (unpaired) electrons. The van der Waals surface area contributed by atoms with Gasteiger partial charge in [0.2, 0.25) is 0 Å². The van der Waals surface area contributed by atoms with E-state index in [1.54, 1.807) is 0 Å². The molecule has 0 aliphatic rings. The van der Waals surface area contributed by atoms with Crippen molar-refractivity contribution in [1.29, 1.82) is 0 Å². The summed E-state index contributed by atoms with van der Waals surface area (Å²) in [7, 11) is 1.44. The highest BCUT2D eigenvalue weighted by Gasteiger charge is 2.16. The molecule has 0 saturated heterocycles. The first-order valence-electron chi connectivity index (χ1n) is 9.35. The van der Waals surface area contributed by atoms with Crippen LogP contribution in [0.4, 0.5) is 0 Å². The lowest BCUT2D eigenvalue weighted by atomic mass is 10.0. The number of fused-ring (bicyclic) bond motifs is 1. The molecule has 0 aliphatic heterocycles. The van der Waals surface area contributed by atoms with Gasteiger partial charge in [-0.1, -0.05) is 54.9 Å². The standard InChI is InChI=1S/C23H23NO4S/c1-3-7-21(17-8-5-4-6-9-17)24-28-13-16-10-11-22-18(12-16)20(15-29-22)19(14-27-2)23(25)26/h4-6,8-12,14-15H,3,7,13H2,1-2H3,(H,25,26). The number of thiophene rings is 1. The second-order valence-corrected chi connectivity index (χ2v) is 7.39. The van der Waals surface area contributed by atoms with E-state index in [-0.39, 0.29) is 5.57 Å². The molecule has 0 amide bonds. The third-order valence-electron chi connectivity index (χ3n) is 4.39. The molecule has 0 saturated carbocycles. The van der Waals surface area contributed by atoms with Gasteiger partial charge in [-0.3, -0.25) is 0 Å². The number of ether oxygens (including phenoxy) is 1. The van der Waals surface area contributed by atoms with Gasteiger partial charge in [0.25, 0.3) is 0 Å². The maximum absolute atomic E-state index is 11.6. The number of hydrogen-bond acceptors (Lipinski definition) is 5. The highest BCUT2D eigenvalue weighted by Crippen LogP contribution is 2.32. The summed E-state index contributed by atoms with van der Waals surface area (Å²) in [5, 5.41) is 16.5. The lowest BCUT2D eigenvalue weighted by Gasteiger charge is -2.07. The third-order valence-corrected chi connectivity index (χ3v) is 5.36. The molecular weight excluding hydrogens is 386 g/mol. The van der Waals surface area contributed by atoms with Crippen LogP contribution in [0.2, 0.25) is 0 Å². The number of aliphatic carboxylic acids is 1. The molecule has 0 bridgehead atoms. The van der Waals surface area contributed by atoms with Crippen molar-refractivity contribution in [3.05, 3.63) is 76.9 Å². The second-order valence-electron chi connectivity index (χ2n) is 6.48. The molecule has 1 heterocycles. The maximum atomic E-state index is 11.6. The summed E-state index contributed by atoms with van der Waals surface area (Å²) in [6, 6.07) is 15.9. The van der Waals surface area contributed by atoms with Crippen molar-refractivity contribution in [2.45, 2.75) is 26.4 Å². The van der Waals surface area contributed by atoms with Crippen molar-refractivity contribution in [2.75, 3.05) is 7.11 Å². The Labute approximate surface area is 173 Å². The van der Waals surface area contributed by atoms with Gasteiger partial charge in [0, 0.05) is 21.0 Å². The van der Waals surface area contributed by atoms with Crippen LogP contribution in [-0.4, -0.2) is 23.9 Å². The fourth-order valence-corrected chi connectivity index (χ4v) is 3.96. The third kappa shape index (κ3) is 5.03. The van der Waals surface area contributed by atoms with E-state index in [0.29, 0.717) is 12.2 Å². The predicted molar refractivity (Wildman–Crippen MR) is 117 cm³/mol. The fraction of sp³-hybridized carbons (Fsp3) is 0.217. The van der Waals surface area contributed by atoms with Gasteiger partial charge in [-0.2, -0.15) is 0 Å². The molecule has 1 N–H and O–H groups in total. The summed E-state index contributed by atoms with van der Waals surface area (Å²) >= 11 is 1.50. The molecule has 0 atom stereocenters. The van der Waals surface area contributed by atoms with Crippen LogP contribution in [0.5, 0.6) is 0 Å².